The van der Waals surface area contributed by atoms with E-state index in [9.17, 15) is 13.2 Å². The van der Waals surface area contributed by atoms with E-state index in [-0.39, 0.29) is 16.6 Å². The summed E-state index contributed by atoms with van der Waals surface area (Å²) >= 11 is 2.89. The molecule has 3 aromatic rings. The SMILES string of the molecule is COc1ccc(NC(=O)c2sc(-c3ccsc3)nc2C)cc1S(=O)(=O)N1CCCCC1. The Kier molecular flexibility index (Phi) is 6.42. The molecule has 7 nitrogen and oxygen atoms in total. The van der Waals surface area contributed by atoms with Gasteiger partial charge in [0.1, 0.15) is 20.5 Å². The lowest BCUT2D eigenvalue weighted by atomic mass is 10.2. The minimum Gasteiger partial charge on any atom is -0.495 e. The molecule has 2 aromatic heterocycles. The first-order chi connectivity index (χ1) is 14.9. The Morgan fingerprint density at radius 1 is 1.19 bits per heavy atom. The highest BCUT2D eigenvalue weighted by Crippen LogP contribution is 2.33. The first kappa shape index (κ1) is 21.9. The second kappa shape index (κ2) is 9.07. The van der Waals surface area contributed by atoms with Crippen molar-refractivity contribution >= 4 is 44.3 Å². The number of rotatable bonds is 6. The number of ether oxygens (including phenoxy) is 1. The first-order valence-electron chi connectivity index (χ1n) is 9.89. The van der Waals surface area contributed by atoms with Crippen LogP contribution in [0.25, 0.3) is 10.6 Å². The Balaban J connectivity index is 1.61. The Labute approximate surface area is 189 Å². The molecule has 3 heterocycles. The summed E-state index contributed by atoms with van der Waals surface area (Å²) in [5.74, 6) is -0.0553. The van der Waals surface area contributed by atoms with E-state index in [0.717, 1.165) is 29.8 Å². The van der Waals surface area contributed by atoms with E-state index in [1.807, 2.05) is 16.8 Å². The van der Waals surface area contributed by atoms with Crippen LogP contribution in [0.4, 0.5) is 5.69 Å². The number of hydrogen-bond acceptors (Lipinski definition) is 7. The second-order valence-electron chi connectivity index (χ2n) is 7.23. The van der Waals surface area contributed by atoms with Crippen LogP contribution in [0.5, 0.6) is 5.75 Å². The number of piperidine rings is 1. The highest BCUT2D eigenvalue weighted by molar-refractivity contribution is 7.89. The Morgan fingerprint density at radius 2 is 1.97 bits per heavy atom. The van der Waals surface area contributed by atoms with Crippen LogP contribution in [-0.2, 0) is 10.0 Å². The van der Waals surface area contributed by atoms with Gasteiger partial charge in [-0.1, -0.05) is 6.42 Å². The monoisotopic (exact) mass is 477 g/mol. The molecular formula is C21H23N3O4S3. The fraction of sp³-hybridized carbons (Fsp3) is 0.333. The van der Waals surface area contributed by atoms with Gasteiger partial charge in [0, 0.05) is 29.7 Å². The normalized spacial score (nSPS) is 15.0. The number of amides is 1. The molecule has 1 aliphatic rings. The van der Waals surface area contributed by atoms with Crippen molar-refractivity contribution in [3.05, 3.63) is 45.6 Å². The lowest BCUT2D eigenvalue weighted by Gasteiger charge is -2.26. The number of benzene rings is 1. The summed E-state index contributed by atoms with van der Waals surface area (Å²) in [6.45, 7) is 2.78. The number of sulfonamides is 1. The molecule has 164 valence electrons. The maximum Gasteiger partial charge on any atom is 0.267 e. The summed E-state index contributed by atoms with van der Waals surface area (Å²) in [6.07, 6.45) is 2.71. The van der Waals surface area contributed by atoms with Crippen LogP contribution in [0, 0.1) is 6.92 Å². The highest BCUT2D eigenvalue weighted by Gasteiger charge is 2.29. The van der Waals surface area contributed by atoms with E-state index in [4.69, 9.17) is 4.74 Å². The lowest BCUT2D eigenvalue weighted by Crippen LogP contribution is -2.35. The largest absolute Gasteiger partial charge is 0.495 e. The maximum atomic E-state index is 13.2. The van der Waals surface area contributed by atoms with Crippen molar-refractivity contribution in [2.24, 2.45) is 0 Å². The first-order valence-corrected chi connectivity index (χ1v) is 13.1. The summed E-state index contributed by atoms with van der Waals surface area (Å²) in [4.78, 5) is 18.0. The van der Waals surface area contributed by atoms with Crippen molar-refractivity contribution in [3.63, 3.8) is 0 Å². The number of thiazole rings is 1. The van der Waals surface area contributed by atoms with Gasteiger partial charge in [-0.15, -0.1) is 11.3 Å². The summed E-state index contributed by atoms with van der Waals surface area (Å²) in [6, 6.07) is 6.65. The molecule has 1 fully saturated rings. The highest BCUT2D eigenvalue weighted by atomic mass is 32.2. The summed E-state index contributed by atoms with van der Waals surface area (Å²) < 4.78 is 33.2. The number of carbonyl (C=O) groups excluding carboxylic acids is 1. The molecule has 0 radical (unpaired) electrons. The fourth-order valence-corrected chi connectivity index (χ4v) is 6.88. The number of thiophene rings is 1. The number of methoxy groups -OCH3 is 1. The van der Waals surface area contributed by atoms with Crippen LogP contribution in [-0.4, -0.2) is 43.8 Å². The van der Waals surface area contributed by atoms with E-state index in [0.29, 0.717) is 29.3 Å². The van der Waals surface area contributed by atoms with E-state index in [1.54, 1.807) is 30.4 Å². The van der Waals surface area contributed by atoms with Crippen LogP contribution >= 0.6 is 22.7 Å². The predicted octanol–water partition coefficient (Wildman–Crippen LogP) is 4.62. The average molecular weight is 478 g/mol. The third-order valence-corrected chi connectivity index (χ3v) is 8.93. The van der Waals surface area contributed by atoms with Crippen molar-refractivity contribution in [1.82, 2.24) is 9.29 Å². The third-order valence-electron chi connectivity index (χ3n) is 5.13. The molecule has 0 atom stereocenters. The van der Waals surface area contributed by atoms with Crippen molar-refractivity contribution in [3.8, 4) is 16.3 Å². The summed E-state index contributed by atoms with van der Waals surface area (Å²) in [7, 11) is -2.27. The molecule has 0 unspecified atom stereocenters. The molecule has 31 heavy (non-hydrogen) atoms. The standard InChI is InChI=1S/C21H23N3O4S3/c1-14-19(30-21(22-14)15-8-11-29-13-15)20(25)23-16-6-7-17(28-2)18(12-16)31(26,27)24-9-4-3-5-10-24/h6-8,11-13H,3-5,9-10H2,1-2H3,(H,23,25). The van der Waals surface area contributed by atoms with Gasteiger partial charge < -0.3 is 10.1 Å². The maximum absolute atomic E-state index is 13.2. The Morgan fingerprint density at radius 3 is 2.65 bits per heavy atom. The zero-order valence-corrected chi connectivity index (χ0v) is 19.7. The van der Waals surface area contributed by atoms with Gasteiger partial charge in [-0.25, -0.2) is 13.4 Å². The number of anilines is 1. The van der Waals surface area contributed by atoms with Gasteiger partial charge >= 0.3 is 0 Å². The van der Waals surface area contributed by atoms with Gasteiger partial charge in [0.15, 0.2) is 0 Å². The van der Waals surface area contributed by atoms with Crippen molar-refractivity contribution in [2.45, 2.75) is 31.1 Å². The molecule has 10 heteroatoms. The summed E-state index contributed by atoms with van der Waals surface area (Å²) in [5, 5.41) is 7.56. The zero-order chi connectivity index (χ0) is 22.0. The van der Waals surface area contributed by atoms with Crippen LogP contribution < -0.4 is 10.1 Å². The molecular weight excluding hydrogens is 454 g/mol. The molecule has 0 aliphatic carbocycles. The number of nitrogens with one attached hydrogen (secondary N) is 1. The molecule has 1 aromatic carbocycles. The minimum atomic E-state index is -3.71. The zero-order valence-electron chi connectivity index (χ0n) is 17.3. The molecule has 0 bridgehead atoms. The average Bonchev–Trinajstić information content (AvgIpc) is 3.44. The van der Waals surface area contributed by atoms with E-state index < -0.39 is 10.0 Å². The van der Waals surface area contributed by atoms with Crippen molar-refractivity contribution in [1.29, 1.82) is 0 Å². The van der Waals surface area contributed by atoms with Crippen LogP contribution in [0.1, 0.15) is 34.6 Å². The Hall–Kier alpha value is -2.27. The molecule has 1 amide bonds. The molecule has 0 saturated carbocycles. The number of hydrogen-bond donors (Lipinski definition) is 1. The van der Waals surface area contributed by atoms with Gasteiger partial charge in [-0.05, 0) is 49.4 Å². The van der Waals surface area contributed by atoms with Gasteiger partial charge in [-0.2, -0.15) is 15.6 Å². The van der Waals surface area contributed by atoms with E-state index >= 15 is 0 Å². The van der Waals surface area contributed by atoms with E-state index in [2.05, 4.69) is 10.3 Å². The van der Waals surface area contributed by atoms with Gasteiger partial charge in [-0.3, -0.25) is 4.79 Å². The molecule has 4 rings (SSSR count). The predicted molar refractivity (Wildman–Crippen MR) is 124 cm³/mol. The van der Waals surface area contributed by atoms with Gasteiger partial charge in [0.25, 0.3) is 5.91 Å². The molecule has 0 spiro atoms. The van der Waals surface area contributed by atoms with E-state index in [1.165, 1.54) is 28.8 Å². The number of nitrogens with zero attached hydrogens (tertiary/aromatic N) is 2. The van der Waals surface area contributed by atoms with Crippen LogP contribution in [0.3, 0.4) is 0 Å². The van der Waals surface area contributed by atoms with Crippen LogP contribution in [0.15, 0.2) is 39.9 Å². The van der Waals surface area contributed by atoms with Gasteiger partial charge in [0.05, 0.1) is 12.8 Å². The third kappa shape index (κ3) is 4.52. The van der Waals surface area contributed by atoms with Crippen molar-refractivity contribution < 1.29 is 17.9 Å². The van der Waals surface area contributed by atoms with Crippen molar-refractivity contribution in [2.75, 3.05) is 25.5 Å². The van der Waals surface area contributed by atoms with Crippen LogP contribution in [0.2, 0.25) is 0 Å². The number of aromatic nitrogens is 1. The Bertz CT molecular complexity index is 1180. The quantitative estimate of drug-likeness (QED) is 0.560. The molecule has 1 N–H and O–H groups in total. The topological polar surface area (TPSA) is 88.6 Å². The molecule has 1 aliphatic heterocycles. The number of carbonyl (C=O) groups is 1. The lowest BCUT2D eigenvalue weighted by molar-refractivity contribution is 0.102. The molecule has 1 saturated heterocycles. The number of aryl methyl sites for hydroxylation is 1. The summed E-state index contributed by atoms with van der Waals surface area (Å²) in [5.41, 5.74) is 2.01. The van der Waals surface area contributed by atoms with Gasteiger partial charge in [0.2, 0.25) is 10.0 Å². The minimum absolute atomic E-state index is 0.0645. The fourth-order valence-electron chi connectivity index (χ4n) is 3.50. The smallest absolute Gasteiger partial charge is 0.267 e. The second-order valence-corrected chi connectivity index (χ2v) is 10.9.